The number of nitrogens with one attached hydrogen (secondary N) is 2. The molecule has 2 aromatic carbocycles. The molecule has 26 heavy (non-hydrogen) atoms. The monoisotopic (exact) mass is 392 g/mol. The molecule has 0 aliphatic heterocycles. The van der Waals surface area contributed by atoms with Crippen molar-refractivity contribution in [3.63, 3.8) is 0 Å². The Hall–Kier alpha value is -2.16. The van der Waals surface area contributed by atoms with E-state index in [2.05, 4.69) is 9.44 Å². The molecule has 138 valence electrons. The van der Waals surface area contributed by atoms with E-state index in [9.17, 15) is 16.8 Å². The second kappa shape index (κ2) is 7.22. The van der Waals surface area contributed by atoms with E-state index in [1.54, 1.807) is 0 Å². The minimum atomic E-state index is -3.76. The molecule has 1 aliphatic carbocycles. The molecule has 0 amide bonds. The predicted octanol–water partition coefficient (Wildman–Crippen LogP) is 2.85. The largest absolute Gasteiger partial charge is 0.280 e. The lowest BCUT2D eigenvalue weighted by Crippen LogP contribution is -2.25. The molecule has 0 spiro atoms. The highest BCUT2D eigenvalue weighted by Gasteiger charge is 2.28. The SMILES string of the molecule is Cc1ccc(/C=C/S(=O)(=O)Nc2cccc(S(=O)(=O)NC3CC3)c2)cc1. The van der Waals surface area contributed by atoms with Gasteiger partial charge in [0.25, 0.3) is 10.0 Å². The maximum Gasteiger partial charge on any atom is 0.255 e. The van der Waals surface area contributed by atoms with Crippen molar-refractivity contribution >= 4 is 31.8 Å². The first kappa shape index (κ1) is 18.6. The summed E-state index contributed by atoms with van der Waals surface area (Å²) in [6, 6.07) is 13.2. The molecule has 0 bridgehead atoms. The van der Waals surface area contributed by atoms with Crippen LogP contribution in [-0.4, -0.2) is 22.9 Å². The van der Waals surface area contributed by atoms with Crippen LogP contribution in [-0.2, 0) is 20.0 Å². The molecule has 2 aromatic rings. The number of hydrogen-bond acceptors (Lipinski definition) is 4. The van der Waals surface area contributed by atoms with Crippen molar-refractivity contribution in [2.75, 3.05) is 4.72 Å². The predicted molar refractivity (Wildman–Crippen MR) is 103 cm³/mol. The van der Waals surface area contributed by atoms with Crippen LogP contribution in [0, 0.1) is 6.92 Å². The summed E-state index contributed by atoms with van der Waals surface area (Å²) < 4.78 is 53.9. The van der Waals surface area contributed by atoms with Crippen LogP contribution in [0.1, 0.15) is 24.0 Å². The van der Waals surface area contributed by atoms with Crippen LogP contribution in [0.4, 0.5) is 5.69 Å². The van der Waals surface area contributed by atoms with Crippen molar-refractivity contribution in [3.05, 3.63) is 65.1 Å². The normalized spacial score (nSPS) is 15.3. The van der Waals surface area contributed by atoms with Gasteiger partial charge in [0, 0.05) is 6.04 Å². The van der Waals surface area contributed by atoms with Crippen LogP contribution >= 0.6 is 0 Å². The molecule has 0 unspecified atom stereocenters. The average Bonchev–Trinajstić information content (AvgIpc) is 3.37. The van der Waals surface area contributed by atoms with Crippen LogP contribution in [0.15, 0.2) is 58.8 Å². The van der Waals surface area contributed by atoms with Crippen molar-refractivity contribution in [1.29, 1.82) is 0 Å². The topological polar surface area (TPSA) is 92.3 Å². The molecule has 0 radical (unpaired) electrons. The standard InChI is InChI=1S/C18H20N2O4S2/c1-14-5-7-15(8-6-14)11-12-25(21,22)19-17-3-2-4-18(13-17)26(23,24)20-16-9-10-16/h2-8,11-13,16,19-20H,9-10H2,1H3/b12-11+. The van der Waals surface area contributed by atoms with Crippen molar-refractivity contribution in [3.8, 4) is 0 Å². The van der Waals surface area contributed by atoms with Gasteiger partial charge in [-0.3, -0.25) is 4.72 Å². The lowest BCUT2D eigenvalue weighted by Gasteiger charge is -2.08. The van der Waals surface area contributed by atoms with E-state index in [-0.39, 0.29) is 16.6 Å². The van der Waals surface area contributed by atoms with E-state index in [0.29, 0.717) is 0 Å². The first-order valence-electron chi connectivity index (χ1n) is 8.13. The Balaban J connectivity index is 1.75. The Morgan fingerprint density at radius 1 is 1.00 bits per heavy atom. The third-order valence-corrected chi connectivity index (χ3v) is 6.35. The number of hydrogen-bond donors (Lipinski definition) is 2. The minimum absolute atomic E-state index is 0.0159. The number of rotatable bonds is 7. The van der Waals surface area contributed by atoms with Crippen molar-refractivity contribution in [1.82, 2.24) is 4.72 Å². The maximum atomic E-state index is 12.2. The van der Waals surface area contributed by atoms with Crippen LogP contribution in [0.3, 0.4) is 0 Å². The van der Waals surface area contributed by atoms with E-state index in [1.165, 1.54) is 30.3 Å². The Morgan fingerprint density at radius 2 is 1.69 bits per heavy atom. The van der Waals surface area contributed by atoms with Gasteiger partial charge in [-0.15, -0.1) is 0 Å². The molecule has 1 fully saturated rings. The van der Waals surface area contributed by atoms with Gasteiger partial charge >= 0.3 is 0 Å². The van der Waals surface area contributed by atoms with Gasteiger partial charge in [-0.05, 0) is 49.6 Å². The first-order valence-corrected chi connectivity index (χ1v) is 11.2. The van der Waals surface area contributed by atoms with Gasteiger partial charge in [-0.1, -0.05) is 35.9 Å². The molecule has 8 heteroatoms. The molecule has 0 aromatic heterocycles. The lowest BCUT2D eigenvalue weighted by atomic mass is 10.2. The summed E-state index contributed by atoms with van der Waals surface area (Å²) in [5, 5.41) is 1.06. The van der Waals surface area contributed by atoms with E-state index in [4.69, 9.17) is 0 Å². The Bertz CT molecular complexity index is 1020. The van der Waals surface area contributed by atoms with Gasteiger partial charge in [0.15, 0.2) is 0 Å². The highest BCUT2D eigenvalue weighted by atomic mass is 32.2. The van der Waals surface area contributed by atoms with E-state index >= 15 is 0 Å². The lowest BCUT2D eigenvalue weighted by molar-refractivity contribution is 0.581. The number of aryl methyl sites for hydroxylation is 1. The zero-order chi connectivity index (χ0) is 18.8. The number of sulfonamides is 2. The van der Waals surface area contributed by atoms with E-state index < -0.39 is 20.0 Å². The fourth-order valence-electron chi connectivity index (χ4n) is 2.26. The van der Waals surface area contributed by atoms with Gasteiger partial charge in [0.2, 0.25) is 10.0 Å². The van der Waals surface area contributed by atoms with Crippen molar-refractivity contribution in [2.24, 2.45) is 0 Å². The summed E-state index contributed by atoms with van der Waals surface area (Å²) in [7, 11) is -7.40. The highest BCUT2D eigenvalue weighted by Crippen LogP contribution is 2.23. The summed E-state index contributed by atoms with van der Waals surface area (Å²) >= 11 is 0. The summed E-state index contributed by atoms with van der Waals surface area (Å²) in [6.07, 6.45) is 3.14. The average molecular weight is 393 g/mol. The molecular formula is C18H20N2O4S2. The zero-order valence-electron chi connectivity index (χ0n) is 14.2. The Morgan fingerprint density at radius 3 is 2.35 bits per heavy atom. The van der Waals surface area contributed by atoms with Gasteiger partial charge in [0.1, 0.15) is 0 Å². The third-order valence-electron chi connectivity index (χ3n) is 3.82. The molecule has 1 saturated carbocycles. The van der Waals surface area contributed by atoms with Crippen LogP contribution in [0.25, 0.3) is 6.08 Å². The van der Waals surface area contributed by atoms with Crippen LogP contribution in [0.2, 0.25) is 0 Å². The number of anilines is 1. The second-order valence-electron chi connectivity index (χ2n) is 6.28. The summed E-state index contributed by atoms with van der Waals surface area (Å²) in [6.45, 7) is 1.95. The smallest absolute Gasteiger partial charge is 0.255 e. The molecule has 3 rings (SSSR count). The fourth-order valence-corrected chi connectivity index (χ4v) is 4.47. The molecular weight excluding hydrogens is 372 g/mol. The zero-order valence-corrected chi connectivity index (χ0v) is 15.8. The maximum absolute atomic E-state index is 12.2. The summed E-state index contributed by atoms with van der Waals surface area (Å²) in [5.41, 5.74) is 2.03. The first-order chi connectivity index (χ1) is 12.2. The van der Waals surface area contributed by atoms with Crippen LogP contribution < -0.4 is 9.44 Å². The third kappa shape index (κ3) is 5.17. The van der Waals surface area contributed by atoms with Gasteiger partial charge in [-0.2, -0.15) is 0 Å². The quantitative estimate of drug-likeness (QED) is 0.758. The molecule has 1 aliphatic rings. The fraction of sp³-hybridized carbons (Fsp3) is 0.222. The Kier molecular flexibility index (Phi) is 5.17. The number of benzene rings is 2. The van der Waals surface area contributed by atoms with Crippen molar-refractivity contribution < 1.29 is 16.8 Å². The molecule has 6 nitrogen and oxygen atoms in total. The van der Waals surface area contributed by atoms with Crippen LogP contribution in [0.5, 0.6) is 0 Å². The molecule has 0 atom stereocenters. The molecule has 0 heterocycles. The second-order valence-corrected chi connectivity index (χ2v) is 9.56. The summed E-state index contributed by atoms with van der Waals surface area (Å²) in [5.74, 6) is 0. The van der Waals surface area contributed by atoms with Crippen molar-refractivity contribution in [2.45, 2.75) is 30.7 Å². The Labute approximate surface area is 154 Å². The van der Waals surface area contributed by atoms with Gasteiger partial charge in [0.05, 0.1) is 16.0 Å². The summed E-state index contributed by atoms with van der Waals surface area (Å²) in [4.78, 5) is 0.0344. The van der Waals surface area contributed by atoms with E-state index in [1.807, 2.05) is 31.2 Å². The highest BCUT2D eigenvalue weighted by molar-refractivity contribution is 7.95. The van der Waals surface area contributed by atoms with Gasteiger partial charge < -0.3 is 0 Å². The molecule has 0 saturated heterocycles. The van der Waals surface area contributed by atoms with Gasteiger partial charge in [-0.25, -0.2) is 21.6 Å². The molecule has 2 N–H and O–H groups in total. The van der Waals surface area contributed by atoms with E-state index in [0.717, 1.165) is 29.4 Å². The minimum Gasteiger partial charge on any atom is -0.280 e.